The molecule has 2 heterocycles. The Labute approximate surface area is 91.0 Å². The van der Waals surface area contributed by atoms with E-state index in [2.05, 4.69) is 4.98 Å². The van der Waals surface area contributed by atoms with Crippen molar-refractivity contribution in [1.82, 2.24) is 15.0 Å². The Kier molecular flexibility index (Phi) is 2.49. The van der Waals surface area contributed by atoms with Crippen LogP contribution >= 0.6 is 0 Å². The van der Waals surface area contributed by atoms with Gasteiger partial charge in [-0.25, -0.2) is 5.84 Å². The molecule has 0 saturated carbocycles. The number of hydrazine groups is 1. The SMILES string of the molecule is CCn1ccc2[nH]c(C(=O)NN)cc2c1=O. The molecule has 6 heteroatoms. The fourth-order valence-corrected chi connectivity index (χ4v) is 1.61. The number of nitrogen functional groups attached to an aromatic ring is 1. The first-order valence-electron chi connectivity index (χ1n) is 4.90. The minimum Gasteiger partial charge on any atom is -0.350 e. The number of rotatable bonds is 2. The van der Waals surface area contributed by atoms with Crippen LogP contribution in [0.1, 0.15) is 17.4 Å². The molecule has 0 fully saturated rings. The van der Waals surface area contributed by atoms with Crippen molar-refractivity contribution >= 4 is 16.8 Å². The van der Waals surface area contributed by atoms with E-state index in [4.69, 9.17) is 5.84 Å². The van der Waals surface area contributed by atoms with Crippen molar-refractivity contribution in [3.8, 4) is 0 Å². The molecule has 6 nitrogen and oxygen atoms in total. The second kappa shape index (κ2) is 3.82. The van der Waals surface area contributed by atoms with E-state index in [1.807, 2.05) is 12.3 Å². The van der Waals surface area contributed by atoms with Gasteiger partial charge in [-0.2, -0.15) is 0 Å². The molecule has 84 valence electrons. The van der Waals surface area contributed by atoms with Crippen LogP contribution in [-0.2, 0) is 6.54 Å². The number of pyridine rings is 1. The number of hydrogen-bond donors (Lipinski definition) is 3. The van der Waals surface area contributed by atoms with E-state index in [1.165, 1.54) is 6.07 Å². The molecule has 4 N–H and O–H groups in total. The highest BCUT2D eigenvalue weighted by Crippen LogP contribution is 2.10. The maximum absolute atomic E-state index is 11.9. The molecule has 0 aliphatic carbocycles. The highest BCUT2D eigenvalue weighted by Gasteiger charge is 2.10. The topological polar surface area (TPSA) is 92.9 Å². The zero-order valence-electron chi connectivity index (χ0n) is 8.78. The second-order valence-corrected chi connectivity index (χ2v) is 3.39. The highest BCUT2D eigenvalue weighted by molar-refractivity contribution is 5.97. The average Bonchev–Trinajstić information content (AvgIpc) is 2.73. The molecule has 2 rings (SSSR count). The third kappa shape index (κ3) is 1.49. The van der Waals surface area contributed by atoms with Gasteiger partial charge in [-0.05, 0) is 19.1 Å². The van der Waals surface area contributed by atoms with Crippen LogP contribution in [0.15, 0.2) is 23.1 Å². The van der Waals surface area contributed by atoms with Gasteiger partial charge in [-0.15, -0.1) is 0 Å². The summed E-state index contributed by atoms with van der Waals surface area (Å²) in [5, 5.41) is 0.489. The van der Waals surface area contributed by atoms with Gasteiger partial charge in [0.15, 0.2) is 0 Å². The zero-order chi connectivity index (χ0) is 11.7. The Morgan fingerprint density at radius 3 is 3.00 bits per heavy atom. The maximum Gasteiger partial charge on any atom is 0.281 e. The van der Waals surface area contributed by atoms with Gasteiger partial charge in [0.1, 0.15) is 5.69 Å². The van der Waals surface area contributed by atoms with Gasteiger partial charge in [-0.1, -0.05) is 0 Å². The number of hydrogen-bond acceptors (Lipinski definition) is 3. The highest BCUT2D eigenvalue weighted by atomic mass is 16.2. The number of nitrogens with one attached hydrogen (secondary N) is 2. The van der Waals surface area contributed by atoms with Crippen LogP contribution < -0.4 is 16.8 Å². The monoisotopic (exact) mass is 220 g/mol. The summed E-state index contributed by atoms with van der Waals surface area (Å²) in [6, 6.07) is 3.26. The third-order valence-electron chi connectivity index (χ3n) is 2.48. The van der Waals surface area contributed by atoms with Gasteiger partial charge in [0.2, 0.25) is 0 Å². The van der Waals surface area contributed by atoms with Gasteiger partial charge in [0.05, 0.1) is 10.9 Å². The number of aromatic amines is 1. The number of carbonyl (C=O) groups excluding carboxylic acids is 1. The Morgan fingerprint density at radius 2 is 2.38 bits per heavy atom. The molecule has 0 unspecified atom stereocenters. The smallest absolute Gasteiger partial charge is 0.281 e. The Bertz CT molecular complexity index is 596. The molecule has 0 bridgehead atoms. The van der Waals surface area contributed by atoms with E-state index < -0.39 is 5.91 Å². The quantitative estimate of drug-likeness (QED) is 0.376. The minimum atomic E-state index is -0.446. The third-order valence-corrected chi connectivity index (χ3v) is 2.48. The van der Waals surface area contributed by atoms with Crippen molar-refractivity contribution in [3.63, 3.8) is 0 Å². The molecule has 16 heavy (non-hydrogen) atoms. The summed E-state index contributed by atoms with van der Waals surface area (Å²) in [7, 11) is 0. The van der Waals surface area contributed by atoms with E-state index in [0.717, 1.165) is 0 Å². The summed E-state index contributed by atoms with van der Waals surface area (Å²) in [5.74, 6) is 4.57. The summed E-state index contributed by atoms with van der Waals surface area (Å²) >= 11 is 0. The lowest BCUT2D eigenvalue weighted by Crippen LogP contribution is -2.30. The zero-order valence-corrected chi connectivity index (χ0v) is 8.78. The molecule has 0 spiro atoms. The van der Waals surface area contributed by atoms with Crippen molar-refractivity contribution in [2.75, 3.05) is 0 Å². The van der Waals surface area contributed by atoms with Crippen molar-refractivity contribution in [3.05, 3.63) is 34.4 Å². The molecular formula is C10H12N4O2. The van der Waals surface area contributed by atoms with Crippen LogP contribution in [0.4, 0.5) is 0 Å². The number of nitrogens with zero attached hydrogens (tertiary/aromatic N) is 1. The Hall–Kier alpha value is -2.08. The number of aryl methyl sites for hydroxylation is 1. The average molecular weight is 220 g/mol. The van der Waals surface area contributed by atoms with Crippen molar-refractivity contribution in [2.24, 2.45) is 5.84 Å². The van der Waals surface area contributed by atoms with Crippen molar-refractivity contribution in [2.45, 2.75) is 13.5 Å². The summed E-state index contributed by atoms with van der Waals surface area (Å²) in [6.45, 7) is 2.48. The number of aromatic nitrogens is 2. The van der Waals surface area contributed by atoms with Gasteiger partial charge in [-0.3, -0.25) is 15.0 Å². The number of amides is 1. The van der Waals surface area contributed by atoms with E-state index in [9.17, 15) is 9.59 Å². The lowest BCUT2D eigenvalue weighted by molar-refractivity contribution is 0.0949. The maximum atomic E-state index is 11.9. The molecule has 0 saturated heterocycles. The number of carbonyl (C=O) groups is 1. The lowest BCUT2D eigenvalue weighted by Gasteiger charge is -1.99. The predicted molar refractivity (Wildman–Crippen MR) is 59.9 cm³/mol. The molecular weight excluding hydrogens is 208 g/mol. The van der Waals surface area contributed by atoms with Crippen LogP contribution in [0.5, 0.6) is 0 Å². The van der Waals surface area contributed by atoms with Crippen LogP contribution in [0, 0.1) is 0 Å². The molecule has 0 aliphatic rings. The van der Waals surface area contributed by atoms with Crippen LogP contribution in [0.25, 0.3) is 10.9 Å². The summed E-state index contributed by atoms with van der Waals surface area (Å²) in [6.07, 6.45) is 1.69. The first-order chi connectivity index (χ1) is 7.67. The van der Waals surface area contributed by atoms with Crippen molar-refractivity contribution in [1.29, 1.82) is 0 Å². The van der Waals surface area contributed by atoms with Crippen molar-refractivity contribution < 1.29 is 4.79 Å². The molecule has 0 radical (unpaired) electrons. The van der Waals surface area contributed by atoms with Crippen LogP contribution in [0.3, 0.4) is 0 Å². The standard InChI is InChI=1S/C10H12N4O2/c1-2-14-4-3-7-6(10(14)16)5-8(12-7)9(15)13-11/h3-5,12H,2,11H2,1H3,(H,13,15). The Morgan fingerprint density at radius 1 is 1.62 bits per heavy atom. The van der Waals surface area contributed by atoms with E-state index in [-0.39, 0.29) is 11.3 Å². The normalized spacial score (nSPS) is 10.6. The van der Waals surface area contributed by atoms with E-state index >= 15 is 0 Å². The number of H-pyrrole nitrogens is 1. The molecule has 2 aromatic heterocycles. The first-order valence-corrected chi connectivity index (χ1v) is 4.90. The summed E-state index contributed by atoms with van der Waals surface area (Å²) in [4.78, 5) is 26.0. The van der Waals surface area contributed by atoms with E-state index in [0.29, 0.717) is 17.4 Å². The molecule has 1 amide bonds. The Balaban J connectivity index is 2.67. The molecule has 0 atom stereocenters. The largest absolute Gasteiger partial charge is 0.350 e. The fraction of sp³-hybridized carbons (Fsp3) is 0.200. The van der Waals surface area contributed by atoms with E-state index in [1.54, 1.807) is 16.8 Å². The van der Waals surface area contributed by atoms with Gasteiger partial charge in [0, 0.05) is 12.7 Å². The van der Waals surface area contributed by atoms with Gasteiger partial charge >= 0.3 is 0 Å². The molecule has 0 aromatic carbocycles. The van der Waals surface area contributed by atoms with Gasteiger partial charge < -0.3 is 9.55 Å². The molecule has 0 aliphatic heterocycles. The van der Waals surface area contributed by atoms with Crippen LogP contribution in [-0.4, -0.2) is 15.5 Å². The van der Waals surface area contributed by atoms with Crippen LogP contribution in [0.2, 0.25) is 0 Å². The fourth-order valence-electron chi connectivity index (χ4n) is 1.61. The summed E-state index contributed by atoms with van der Waals surface area (Å²) in [5.41, 5.74) is 2.81. The minimum absolute atomic E-state index is 0.118. The first kappa shape index (κ1) is 10.4. The summed E-state index contributed by atoms with van der Waals surface area (Å²) < 4.78 is 1.57. The number of fused-ring (bicyclic) bond motifs is 1. The molecule has 2 aromatic rings. The predicted octanol–water partition coefficient (Wildman–Crippen LogP) is -0.0470. The number of nitrogens with two attached hydrogens (primary N) is 1. The lowest BCUT2D eigenvalue weighted by atomic mass is 10.3. The van der Waals surface area contributed by atoms with Gasteiger partial charge in [0.25, 0.3) is 11.5 Å². The second-order valence-electron chi connectivity index (χ2n) is 3.39.